The molecule has 1 saturated heterocycles. The summed E-state index contributed by atoms with van der Waals surface area (Å²) in [6.07, 6.45) is 9.13. The molecule has 2 bridgehead atoms. The van der Waals surface area contributed by atoms with Gasteiger partial charge in [-0.05, 0) is 48.8 Å². The number of aromatic nitrogens is 4. The quantitative estimate of drug-likeness (QED) is 0.698. The number of benzene rings is 1. The van der Waals surface area contributed by atoms with Crippen LogP contribution in [0.1, 0.15) is 37.3 Å². The largest absolute Gasteiger partial charge is 0.379 e. The van der Waals surface area contributed by atoms with Gasteiger partial charge in [0.05, 0.1) is 30.8 Å². The van der Waals surface area contributed by atoms with Gasteiger partial charge in [0.2, 0.25) is 5.95 Å². The first kappa shape index (κ1) is 18.3. The first-order valence-corrected chi connectivity index (χ1v) is 11.2. The zero-order valence-corrected chi connectivity index (χ0v) is 17.2. The molecule has 156 valence electrons. The number of anilines is 2. The van der Waals surface area contributed by atoms with E-state index in [4.69, 9.17) is 9.72 Å². The van der Waals surface area contributed by atoms with E-state index in [2.05, 4.69) is 49.2 Å². The third-order valence-corrected chi connectivity index (χ3v) is 7.07. The maximum atomic E-state index is 5.43. The molecule has 3 aliphatic rings. The van der Waals surface area contributed by atoms with Crippen molar-refractivity contribution in [2.24, 2.45) is 11.8 Å². The van der Waals surface area contributed by atoms with Crippen molar-refractivity contribution in [2.75, 3.05) is 31.6 Å². The van der Waals surface area contributed by atoms with Gasteiger partial charge >= 0.3 is 0 Å². The van der Waals surface area contributed by atoms with Crippen LogP contribution < -0.4 is 5.32 Å². The summed E-state index contributed by atoms with van der Waals surface area (Å²) in [5.41, 5.74) is 3.27. The molecular formula is C23H28N6O. The molecule has 30 heavy (non-hydrogen) atoms. The minimum atomic E-state index is 0.503. The van der Waals surface area contributed by atoms with E-state index in [1.165, 1.54) is 31.2 Å². The molecule has 1 aromatic carbocycles. The highest BCUT2D eigenvalue weighted by Gasteiger charge is 2.41. The number of nitrogens with one attached hydrogen (secondary N) is 1. The molecule has 2 aliphatic carbocycles. The summed E-state index contributed by atoms with van der Waals surface area (Å²) in [7, 11) is 0. The van der Waals surface area contributed by atoms with E-state index in [-0.39, 0.29) is 0 Å². The molecule has 3 heterocycles. The van der Waals surface area contributed by atoms with Gasteiger partial charge in [-0.2, -0.15) is 10.1 Å². The Balaban J connectivity index is 1.18. The summed E-state index contributed by atoms with van der Waals surface area (Å²) < 4.78 is 7.60. The monoisotopic (exact) mass is 404 g/mol. The van der Waals surface area contributed by atoms with Gasteiger partial charge < -0.3 is 10.1 Å². The van der Waals surface area contributed by atoms with Crippen LogP contribution in [0.2, 0.25) is 0 Å². The Morgan fingerprint density at radius 3 is 2.67 bits per heavy atom. The lowest BCUT2D eigenvalue weighted by Gasteiger charge is -2.26. The summed E-state index contributed by atoms with van der Waals surface area (Å²) in [6.45, 7) is 4.64. The summed E-state index contributed by atoms with van der Waals surface area (Å²) >= 11 is 0. The molecular weight excluding hydrogens is 376 g/mol. The van der Waals surface area contributed by atoms with E-state index in [9.17, 15) is 0 Å². The van der Waals surface area contributed by atoms with Crippen LogP contribution in [0.5, 0.6) is 0 Å². The highest BCUT2D eigenvalue weighted by Crippen LogP contribution is 2.50. The minimum absolute atomic E-state index is 0.503. The van der Waals surface area contributed by atoms with Crippen LogP contribution >= 0.6 is 0 Å². The molecule has 2 saturated carbocycles. The maximum Gasteiger partial charge on any atom is 0.229 e. The molecule has 3 atom stereocenters. The third-order valence-electron chi connectivity index (χ3n) is 7.07. The van der Waals surface area contributed by atoms with Crippen molar-refractivity contribution >= 4 is 22.7 Å². The highest BCUT2D eigenvalue weighted by molar-refractivity contribution is 5.75. The van der Waals surface area contributed by atoms with Gasteiger partial charge in [0.15, 0.2) is 5.65 Å². The average molecular weight is 405 g/mol. The number of fused-ring (bicyclic) bond motifs is 3. The van der Waals surface area contributed by atoms with Crippen molar-refractivity contribution in [3.8, 4) is 0 Å². The molecule has 7 nitrogen and oxygen atoms in total. The predicted octanol–water partition coefficient (Wildman–Crippen LogP) is 3.76. The SMILES string of the molecule is c1cc(Nc2ncc3cnn([C@H]4C[C@H]5CC[C@@H]4C5)c3n2)ccc1CN1CCOCC1. The smallest absolute Gasteiger partial charge is 0.229 e. The van der Waals surface area contributed by atoms with Gasteiger partial charge in [0.1, 0.15) is 0 Å². The lowest BCUT2D eigenvalue weighted by atomic mass is 9.95. The van der Waals surface area contributed by atoms with Crippen LogP contribution in [0.25, 0.3) is 11.0 Å². The van der Waals surface area contributed by atoms with Gasteiger partial charge in [-0.25, -0.2) is 9.67 Å². The number of rotatable bonds is 5. The average Bonchev–Trinajstić information content (AvgIpc) is 3.51. The van der Waals surface area contributed by atoms with Crippen LogP contribution in [0.4, 0.5) is 11.6 Å². The first-order valence-electron chi connectivity index (χ1n) is 11.2. The zero-order valence-electron chi connectivity index (χ0n) is 17.2. The lowest BCUT2D eigenvalue weighted by molar-refractivity contribution is 0.0342. The Kier molecular flexibility index (Phi) is 4.65. The molecule has 3 aromatic rings. The standard InChI is InChI=1S/C23H28N6O/c1-4-18-11-17(1)12-21(18)29-22-19(14-25-29)13-24-23(27-22)26-20-5-2-16(3-6-20)15-28-7-9-30-10-8-28/h2-3,5-6,13-14,17-18,21H,1,4,7-12,15H2,(H,24,26,27)/t17-,18+,21-/m0/s1. The van der Waals surface area contributed by atoms with E-state index in [0.717, 1.165) is 61.4 Å². The van der Waals surface area contributed by atoms with Crippen molar-refractivity contribution in [1.29, 1.82) is 0 Å². The maximum absolute atomic E-state index is 5.43. The lowest BCUT2D eigenvalue weighted by Crippen LogP contribution is -2.35. The first-order chi connectivity index (χ1) is 14.8. The Labute approximate surface area is 176 Å². The van der Waals surface area contributed by atoms with Crippen LogP contribution in [0.15, 0.2) is 36.7 Å². The van der Waals surface area contributed by atoms with Gasteiger partial charge in [-0.3, -0.25) is 4.90 Å². The molecule has 7 heteroatoms. The summed E-state index contributed by atoms with van der Waals surface area (Å²) in [5, 5.41) is 9.07. The summed E-state index contributed by atoms with van der Waals surface area (Å²) in [5.74, 6) is 2.28. The van der Waals surface area contributed by atoms with Crippen LogP contribution in [0.3, 0.4) is 0 Å². The Morgan fingerprint density at radius 2 is 1.90 bits per heavy atom. The Bertz CT molecular complexity index is 1030. The second kappa shape index (κ2) is 7.63. The molecule has 1 aliphatic heterocycles. The third kappa shape index (κ3) is 3.46. The predicted molar refractivity (Wildman–Crippen MR) is 116 cm³/mol. The van der Waals surface area contributed by atoms with Gasteiger partial charge in [0, 0.05) is 31.5 Å². The fraction of sp³-hybridized carbons (Fsp3) is 0.522. The second-order valence-electron chi connectivity index (χ2n) is 9.01. The van der Waals surface area contributed by atoms with Crippen molar-refractivity contribution in [2.45, 2.75) is 38.3 Å². The molecule has 1 N–H and O–H groups in total. The van der Waals surface area contributed by atoms with Crippen molar-refractivity contribution in [1.82, 2.24) is 24.6 Å². The molecule has 0 spiro atoms. The second-order valence-corrected chi connectivity index (χ2v) is 9.01. The molecule has 6 rings (SSSR count). The number of hydrogen-bond donors (Lipinski definition) is 1. The fourth-order valence-corrected chi connectivity index (χ4v) is 5.49. The van der Waals surface area contributed by atoms with Crippen LogP contribution in [-0.2, 0) is 11.3 Å². The minimum Gasteiger partial charge on any atom is -0.379 e. The zero-order chi connectivity index (χ0) is 19.9. The van der Waals surface area contributed by atoms with E-state index in [1.54, 1.807) is 0 Å². The van der Waals surface area contributed by atoms with Crippen molar-refractivity contribution in [3.05, 3.63) is 42.2 Å². The van der Waals surface area contributed by atoms with E-state index in [1.807, 2.05) is 12.4 Å². The van der Waals surface area contributed by atoms with Crippen molar-refractivity contribution < 1.29 is 4.74 Å². The molecule has 0 amide bonds. The van der Waals surface area contributed by atoms with Crippen LogP contribution in [-0.4, -0.2) is 51.0 Å². The van der Waals surface area contributed by atoms with E-state index < -0.39 is 0 Å². The number of morpholine rings is 1. The topological polar surface area (TPSA) is 68.1 Å². The molecule has 3 fully saturated rings. The van der Waals surface area contributed by atoms with Crippen LogP contribution in [0, 0.1) is 11.8 Å². The summed E-state index contributed by atoms with van der Waals surface area (Å²) in [4.78, 5) is 11.8. The van der Waals surface area contributed by atoms with Gasteiger partial charge in [-0.15, -0.1) is 0 Å². The highest BCUT2D eigenvalue weighted by atomic mass is 16.5. The van der Waals surface area contributed by atoms with Gasteiger partial charge in [0.25, 0.3) is 0 Å². The number of nitrogens with zero attached hydrogens (tertiary/aromatic N) is 5. The Hall–Kier alpha value is -2.51. The molecule has 0 unspecified atom stereocenters. The number of hydrogen-bond acceptors (Lipinski definition) is 6. The summed E-state index contributed by atoms with van der Waals surface area (Å²) in [6, 6.07) is 9.07. The van der Waals surface area contributed by atoms with Gasteiger partial charge in [-0.1, -0.05) is 18.6 Å². The van der Waals surface area contributed by atoms with E-state index >= 15 is 0 Å². The fourth-order valence-electron chi connectivity index (χ4n) is 5.49. The normalized spacial score (nSPS) is 26.5. The van der Waals surface area contributed by atoms with E-state index in [0.29, 0.717) is 12.0 Å². The Morgan fingerprint density at radius 1 is 1.03 bits per heavy atom. The van der Waals surface area contributed by atoms with Crippen molar-refractivity contribution in [3.63, 3.8) is 0 Å². The molecule has 0 radical (unpaired) electrons. The molecule has 2 aromatic heterocycles. The number of ether oxygens (including phenoxy) is 1.